The van der Waals surface area contributed by atoms with E-state index in [0.29, 0.717) is 6.42 Å². The molecule has 0 unspecified atom stereocenters. The second-order valence-corrected chi connectivity index (χ2v) is 4.30. The van der Waals surface area contributed by atoms with Crippen molar-refractivity contribution in [1.29, 1.82) is 0 Å². The highest BCUT2D eigenvalue weighted by atomic mass is 16.4. The summed E-state index contributed by atoms with van der Waals surface area (Å²) in [6.07, 6.45) is -0.689. The summed E-state index contributed by atoms with van der Waals surface area (Å²) >= 11 is 0. The number of hydrogen-bond donors (Lipinski definition) is 4. The molecule has 0 saturated heterocycles. The summed E-state index contributed by atoms with van der Waals surface area (Å²) in [4.78, 5) is 22.2. The molecule has 16 heavy (non-hydrogen) atoms. The maximum atomic E-state index is 11.5. The summed E-state index contributed by atoms with van der Waals surface area (Å²) in [7, 11) is 0. The second-order valence-electron chi connectivity index (χ2n) is 4.30. The van der Waals surface area contributed by atoms with E-state index in [1.165, 1.54) is 6.92 Å². The van der Waals surface area contributed by atoms with Crippen LogP contribution < -0.4 is 11.1 Å². The maximum absolute atomic E-state index is 11.5. The molecular weight excluding hydrogens is 212 g/mol. The van der Waals surface area contributed by atoms with Gasteiger partial charge in [0.2, 0.25) is 5.91 Å². The lowest BCUT2D eigenvalue weighted by Crippen LogP contribution is -2.52. The number of amides is 1. The monoisotopic (exact) mass is 232 g/mol. The molecule has 0 aliphatic rings. The molecule has 0 fully saturated rings. The van der Waals surface area contributed by atoms with Crippen LogP contribution in [-0.4, -0.2) is 40.3 Å². The molecule has 5 N–H and O–H groups in total. The molecule has 0 heterocycles. The standard InChI is InChI=1S/C10H20N2O4/c1-5(2)4-7(11)9(14)12-8(6(3)13)10(15)16/h5-8,13H,4,11H2,1-3H3,(H,12,14)(H,15,16)/t6-,7-,8-/m0/s1. The molecule has 0 rings (SSSR count). The zero-order valence-electron chi connectivity index (χ0n) is 9.80. The largest absolute Gasteiger partial charge is 0.480 e. The molecule has 0 bridgehead atoms. The van der Waals surface area contributed by atoms with Crippen LogP contribution in [0.2, 0.25) is 0 Å². The van der Waals surface area contributed by atoms with Crippen LogP contribution >= 0.6 is 0 Å². The van der Waals surface area contributed by atoms with Crippen molar-refractivity contribution in [3.63, 3.8) is 0 Å². The number of nitrogens with one attached hydrogen (secondary N) is 1. The Kier molecular flexibility index (Phi) is 5.98. The Morgan fingerprint density at radius 2 is 1.81 bits per heavy atom. The lowest BCUT2D eigenvalue weighted by Gasteiger charge is -2.20. The van der Waals surface area contributed by atoms with Gasteiger partial charge in [-0.2, -0.15) is 0 Å². The summed E-state index contributed by atoms with van der Waals surface area (Å²) in [5, 5.41) is 20.1. The number of rotatable bonds is 6. The smallest absolute Gasteiger partial charge is 0.328 e. The van der Waals surface area contributed by atoms with Crippen LogP contribution in [0.1, 0.15) is 27.2 Å². The van der Waals surface area contributed by atoms with Crippen molar-refractivity contribution in [3.05, 3.63) is 0 Å². The molecule has 0 aliphatic carbocycles. The van der Waals surface area contributed by atoms with E-state index in [0.717, 1.165) is 0 Å². The van der Waals surface area contributed by atoms with Crippen molar-refractivity contribution >= 4 is 11.9 Å². The molecule has 6 heteroatoms. The van der Waals surface area contributed by atoms with Gasteiger partial charge in [0, 0.05) is 0 Å². The fourth-order valence-electron chi connectivity index (χ4n) is 1.26. The Balaban J connectivity index is 4.35. The van der Waals surface area contributed by atoms with E-state index in [1.54, 1.807) is 0 Å². The third-order valence-electron chi connectivity index (χ3n) is 2.11. The van der Waals surface area contributed by atoms with Gasteiger partial charge in [-0.3, -0.25) is 4.79 Å². The van der Waals surface area contributed by atoms with Gasteiger partial charge < -0.3 is 21.3 Å². The topological polar surface area (TPSA) is 113 Å². The number of nitrogens with two attached hydrogens (primary N) is 1. The van der Waals surface area contributed by atoms with Crippen molar-refractivity contribution in [2.45, 2.75) is 45.4 Å². The highest BCUT2D eigenvalue weighted by Crippen LogP contribution is 2.03. The SMILES string of the molecule is CC(C)C[C@H](N)C(=O)N[C@H](C(=O)O)[C@H](C)O. The van der Waals surface area contributed by atoms with Crippen molar-refractivity contribution < 1.29 is 19.8 Å². The first-order chi connectivity index (χ1) is 7.25. The van der Waals surface area contributed by atoms with Gasteiger partial charge in [0.05, 0.1) is 12.1 Å². The highest BCUT2D eigenvalue weighted by Gasteiger charge is 2.27. The molecule has 0 saturated carbocycles. The van der Waals surface area contributed by atoms with Crippen LogP contribution in [0.5, 0.6) is 0 Å². The number of carboxylic acids is 1. The lowest BCUT2D eigenvalue weighted by atomic mass is 10.0. The van der Waals surface area contributed by atoms with Gasteiger partial charge in [0.25, 0.3) is 0 Å². The fourth-order valence-corrected chi connectivity index (χ4v) is 1.26. The lowest BCUT2D eigenvalue weighted by molar-refractivity contribution is -0.145. The molecule has 0 spiro atoms. The van der Waals surface area contributed by atoms with Crippen molar-refractivity contribution in [1.82, 2.24) is 5.32 Å². The van der Waals surface area contributed by atoms with Crippen LogP contribution in [0.4, 0.5) is 0 Å². The Hall–Kier alpha value is -1.14. The number of aliphatic hydroxyl groups is 1. The van der Waals surface area contributed by atoms with E-state index < -0.39 is 30.1 Å². The molecule has 1 amide bonds. The Morgan fingerprint density at radius 3 is 2.12 bits per heavy atom. The van der Waals surface area contributed by atoms with Crippen LogP contribution in [0.15, 0.2) is 0 Å². The van der Waals surface area contributed by atoms with E-state index in [9.17, 15) is 9.59 Å². The molecule has 0 aromatic heterocycles. The minimum Gasteiger partial charge on any atom is -0.480 e. The van der Waals surface area contributed by atoms with Crippen LogP contribution in [-0.2, 0) is 9.59 Å². The summed E-state index contributed by atoms with van der Waals surface area (Å²) in [6, 6.07) is -2.06. The molecule has 0 radical (unpaired) electrons. The Morgan fingerprint density at radius 1 is 1.31 bits per heavy atom. The Bertz CT molecular complexity index is 253. The predicted octanol–water partition coefficient (Wildman–Crippen LogP) is -0.690. The van der Waals surface area contributed by atoms with Crippen molar-refractivity contribution in [2.24, 2.45) is 11.7 Å². The fraction of sp³-hybridized carbons (Fsp3) is 0.800. The van der Waals surface area contributed by atoms with Crippen molar-refractivity contribution in [2.75, 3.05) is 0 Å². The average Bonchev–Trinajstić information content (AvgIpc) is 2.11. The van der Waals surface area contributed by atoms with Gasteiger partial charge >= 0.3 is 5.97 Å². The van der Waals surface area contributed by atoms with E-state index >= 15 is 0 Å². The van der Waals surface area contributed by atoms with Gasteiger partial charge in [-0.05, 0) is 19.3 Å². The zero-order chi connectivity index (χ0) is 12.9. The first-order valence-corrected chi connectivity index (χ1v) is 5.22. The molecule has 3 atom stereocenters. The number of hydrogen-bond acceptors (Lipinski definition) is 4. The number of carbonyl (C=O) groups is 2. The minimum absolute atomic E-state index is 0.246. The second kappa shape index (κ2) is 6.44. The van der Waals surface area contributed by atoms with E-state index in [1.807, 2.05) is 13.8 Å². The molecule has 0 aliphatic heterocycles. The van der Waals surface area contributed by atoms with Crippen molar-refractivity contribution in [3.8, 4) is 0 Å². The van der Waals surface area contributed by atoms with Gasteiger partial charge in [-0.15, -0.1) is 0 Å². The minimum atomic E-state index is -1.31. The van der Waals surface area contributed by atoms with Crippen LogP contribution in [0, 0.1) is 5.92 Å². The quantitative estimate of drug-likeness (QED) is 0.484. The normalized spacial score (nSPS) is 16.6. The number of carbonyl (C=O) groups excluding carboxylic acids is 1. The molecule has 0 aromatic rings. The third kappa shape index (κ3) is 5.09. The molecule has 94 valence electrons. The van der Waals surface area contributed by atoms with E-state index in [4.69, 9.17) is 15.9 Å². The summed E-state index contributed by atoms with van der Waals surface area (Å²) < 4.78 is 0. The van der Waals surface area contributed by atoms with Gasteiger partial charge in [0.1, 0.15) is 0 Å². The van der Waals surface area contributed by atoms with Gasteiger partial charge in [-0.25, -0.2) is 4.79 Å². The highest BCUT2D eigenvalue weighted by molar-refractivity contribution is 5.87. The Labute approximate surface area is 94.8 Å². The first kappa shape index (κ1) is 14.9. The average molecular weight is 232 g/mol. The first-order valence-electron chi connectivity index (χ1n) is 5.22. The molecule has 0 aromatic carbocycles. The molecule has 6 nitrogen and oxygen atoms in total. The third-order valence-corrected chi connectivity index (χ3v) is 2.11. The maximum Gasteiger partial charge on any atom is 0.328 e. The van der Waals surface area contributed by atoms with E-state index in [-0.39, 0.29) is 5.92 Å². The van der Waals surface area contributed by atoms with Gasteiger partial charge in [-0.1, -0.05) is 13.8 Å². The van der Waals surface area contributed by atoms with Gasteiger partial charge in [0.15, 0.2) is 6.04 Å². The zero-order valence-corrected chi connectivity index (χ0v) is 9.80. The van der Waals surface area contributed by atoms with E-state index in [2.05, 4.69) is 5.32 Å². The number of aliphatic carboxylic acids is 1. The number of carboxylic acid groups (broad SMARTS) is 1. The summed E-state index contributed by atoms with van der Waals surface area (Å²) in [6.45, 7) is 5.13. The van der Waals surface area contributed by atoms with Crippen LogP contribution in [0.25, 0.3) is 0 Å². The number of aliphatic hydroxyl groups excluding tert-OH is 1. The summed E-state index contributed by atoms with van der Waals surface area (Å²) in [5.41, 5.74) is 5.58. The summed E-state index contributed by atoms with van der Waals surface area (Å²) in [5.74, 6) is -1.59. The molecular formula is C10H20N2O4. The predicted molar refractivity (Wildman–Crippen MR) is 58.7 cm³/mol. The van der Waals surface area contributed by atoms with Crippen LogP contribution in [0.3, 0.4) is 0 Å².